The van der Waals surface area contributed by atoms with Gasteiger partial charge in [-0.25, -0.2) is 4.98 Å². The van der Waals surface area contributed by atoms with Crippen molar-refractivity contribution >= 4 is 11.6 Å². The van der Waals surface area contributed by atoms with E-state index >= 15 is 0 Å². The summed E-state index contributed by atoms with van der Waals surface area (Å²) < 4.78 is 7.02. The van der Waals surface area contributed by atoms with Crippen LogP contribution < -0.4 is 15.0 Å². The van der Waals surface area contributed by atoms with Crippen LogP contribution in [0.5, 0.6) is 5.75 Å². The summed E-state index contributed by atoms with van der Waals surface area (Å²) in [5, 5.41) is 3.16. The number of imidazole rings is 1. The predicted octanol–water partition coefficient (Wildman–Crippen LogP) is 2.24. The van der Waals surface area contributed by atoms with Gasteiger partial charge in [-0.05, 0) is 44.0 Å². The summed E-state index contributed by atoms with van der Waals surface area (Å²) in [6, 6.07) is 8.13. The molecule has 1 atom stereocenters. The Hall–Kier alpha value is -2.50. The molecule has 0 saturated carbocycles. The molecule has 1 aliphatic heterocycles. The molecular weight excluding hydrogens is 304 g/mol. The number of nitrogens with one attached hydrogen (secondary N) is 1. The Morgan fingerprint density at radius 2 is 2.00 bits per heavy atom. The van der Waals surface area contributed by atoms with Crippen LogP contribution in [0.3, 0.4) is 0 Å². The molecule has 1 amide bonds. The van der Waals surface area contributed by atoms with Gasteiger partial charge >= 0.3 is 0 Å². The van der Waals surface area contributed by atoms with E-state index in [1.54, 1.807) is 19.6 Å². The van der Waals surface area contributed by atoms with E-state index in [1.807, 2.05) is 29.8 Å². The van der Waals surface area contributed by atoms with Gasteiger partial charge in [-0.15, -0.1) is 0 Å². The van der Waals surface area contributed by atoms with E-state index in [4.69, 9.17) is 4.74 Å². The van der Waals surface area contributed by atoms with Gasteiger partial charge in [-0.1, -0.05) is 0 Å². The zero-order valence-electron chi connectivity index (χ0n) is 14.2. The molecule has 128 valence electrons. The number of benzene rings is 1. The molecule has 1 aromatic heterocycles. The molecule has 2 aromatic rings. The smallest absolute Gasteiger partial charge is 0.243 e. The molecule has 6 heteroatoms. The molecule has 6 nitrogen and oxygen atoms in total. The first-order valence-electron chi connectivity index (χ1n) is 8.34. The van der Waals surface area contributed by atoms with Crippen molar-refractivity contribution < 1.29 is 9.53 Å². The molecule has 0 radical (unpaired) electrons. The van der Waals surface area contributed by atoms with E-state index < -0.39 is 0 Å². The molecule has 1 aliphatic rings. The molecule has 1 fully saturated rings. The van der Waals surface area contributed by atoms with Crippen LogP contribution in [0, 0.1) is 0 Å². The zero-order chi connectivity index (χ0) is 16.9. The normalized spacial score (nSPS) is 16.7. The number of ether oxygens (including phenoxy) is 1. The Morgan fingerprint density at radius 3 is 2.58 bits per heavy atom. The third kappa shape index (κ3) is 3.69. The monoisotopic (exact) mass is 328 g/mol. The largest absolute Gasteiger partial charge is 0.497 e. The fourth-order valence-corrected chi connectivity index (χ4v) is 3.03. The Kier molecular flexibility index (Phi) is 5.03. The minimum absolute atomic E-state index is 0.0518. The Bertz CT molecular complexity index is 646. The predicted molar refractivity (Wildman–Crippen MR) is 93.3 cm³/mol. The topological polar surface area (TPSA) is 59.4 Å². The van der Waals surface area contributed by atoms with E-state index in [2.05, 4.69) is 27.3 Å². The molecular formula is C18H24N4O2. The number of carbonyl (C=O) groups excluding carboxylic acids is 1. The van der Waals surface area contributed by atoms with Crippen LogP contribution >= 0.6 is 0 Å². The fraction of sp³-hybridized carbons (Fsp3) is 0.444. The van der Waals surface area contributed by atoms with Crippen molar-refractivity contribution in [3.63, 3.8) is 0 Å². The summed E-state index contributed by atoms with van der Waals surface area (Å²) in [5.41, 5.74) is 1.20. The summed E-state index contributed by atoms with van der Waals surface area (Å²) in [6.07, 6.45) is 7.09. The highest BCUT2D eigenvalue weighted by molar-refractivity contribution is 5.80. The minimum Gasteiger partial charge on any atom is -0.497 e. The SMILES string of the molecule is COc1ccc(N2CCC(NC(=O)[C@H](C)n3ccnc3)CC2)cc1. The second-order valence-electron chi connectivity index (χ2n) is 6.15. The van der Waals surface area contributed by atoms with Crippen molar-refractivity contribution in [2.45, 2.75) is 31.8 Å². The Labute approximate surface area is 142 Å². The van der Waals surface area contributed by atoms with Crippen molar-refractivity contribution in [1.29, 1.82) is 0 Å². The highest BCUT2D eigenvalue weighted by Gasteiger charge is 2.23. The number of hydrogen-bond donors (Lipinski definition) is 1. The molecule has 0 unspecified atom stereocenters. The summed E-state index contributed by atoms with van der Waals surface area (Å²) in [4.78, 5) is 18.7. The minimum atomic E-state index is -0.230. The maximum Gasteiger partial charge on any atom is 0.243 e. The third-order valence-electron chi connectivity index (χ3n) is 4.63. The summed E-state index contributed by atoms with van der Waals surface area (Å²) >= 11 is 0. The average molecular weight is 328 g/mol. The van der Waals surface area contributed by atoms with E-state index in [9.17, 15) is 4.79 Å². The van der Waals surface area contributed by atoms with Gasteiger partial charge in [0.2, 0.25) is 5.91 Å². The van der Waals surface area contributed by atoms with Crippen molar-refractivity contribution in [1.82, 2.24) is 14.9 Å². The quantitative estimate of drug-likeness (QED) is 0.914. The number of carbonyl (C=O) groups is 1. The van der Waals surface area contributed by atoms with Crippen molar-refractivity contribution in [2.75, 3.05) is 25.1 Å². The van der Waals surface area contributed by atoms with Gasteiger partial charge in [0.25, 0.3) is 0 Å². The van der Waals surface area contributed by atoms with Crippen molar-refractivity contribution in [2.24, 2.45) is 0 Å². The number of aromatic nitrogens is 2. The maximum absolute atomic E-state index is 12.3. The molecule has 0 spiro atoms. The lowest BCUT2D eigenvalue weighted by atomic mass is 10.0. The van der Waals surface area contributed by atoms with Crippen molar-refractivity contribution in [3.8, 4) is 5.75 Å². The van der Waals surface area contributed by atoms with Crippen LogP contribution in [0.25, 0.3) is 0 Å². The van der Waals surface area contributed by atoms with Crippen LogP contribution in [0.1, 0.15) is 25.8 Å². The first-order chi connectivity index (χ1) is 11.7. The molecule has 1 aromatic carbocycles. The van der Waals surface area contributed by atoms with Gasteiger partial charge < -0.3 is 19.5 Å². The van der Waals surface area contributed by atoms with Gasteiger partial charge in [0.15, 0.2) is 0 Å². The van der Waals surface area contributed by atoms with E-state index in [0.717, 1.165) is 31.7 Å². The first kappa shape index (κ1) is 16.4. The second kappa shape index (κ2) is 7.38. The highest BCUT2D eigenvalue weighted by atomic mass is 16.5. The molecule has 3 rings (SSSR count). The number of piperidine rings is 1. The van der Waals surface area contributed by atoms with E-state index in [1.165, 1.54) is 5.69 Å². The molecule has 24 heavy (non-hydrogen) atoms. The summed E-state index contributed by atoms with van der Waals surface area (Å²) in [6.45, 7) is 3.77. The van der Waals surface area contributed by atoms with Crippen LogP contribution in [0.15, 0.2) is 43.0 Å². The van der Waals surface area contributed by atoms with E-state index in [-0.39, 0.29) is 18.0 Å². The second-order valence-corrected chi connectivity index (χ2v) is 6.15. The maximum atomic E-state index is 12.3. The van der Waals surface area contributed by atoms with Gasteiger partial charge in [0, 0.05) is 37.2 Å². The number of amides is 1. The van der Waals surface area contributed by atoms with Crippen LogP contribution in [0.2, 0.25) is 0 Å². The fourth-order valence-electron chi connectivity index (χ4n) is 3.03. The van der Waals surface area contributed by atoms with Gasteiger partial charge in [-0.2, -0.15) is 0 Å². The number of methoxy groups -OCH3 is 1. The van der Waals surface area contributed by atoms with Gasteiger partial charge in [-0.3, -0.25) is 4.79 Å². The number of hydrogen-bond acceptors (Lipinski definition) is 4. The Balaban J connectivity index is 1.50. The van der Waals surface area contributed by atoms with Crippen LogP contribution in [0.4, 0.5) is 5.69 Å². The molecule has 2 heterocycles. The number of nitrogens with zero attached hydrogens (tertiary/aromatic N) is 3. The summed E-state index contributed by atoms with van der Waals surface area (Å²) in [5.74, 6) is 0.922. The molecule has 1 N–H and O–H groups in total. The highest BCUT2D eigenvalue weighted by Crippen LogP contribution is 2.23. The molecule has 0 bridgehead atoms. The average Bonchev–Trinajstić information content (AvgIpc) is 3.16. The Morgan fingerprint density at radius 1 is 1.29 bits per heavy atom. The van der Waals surface area contributed by atoms with Gasteiger partial charge in [0.1, 0.15) is 11.8 Å². The third-order valence-corrected chi connectivity index (χ3v) is 4.63. The van der Waals surface area contributed by atoms with E-state index in [0.29, 0.717) is 0 Å². The molecule has 0 aliphatic carbocycles. The van der Waals surface area contributed by atoms with Crippen molar-refractivity contribution in [3.05, 3.63) is 43.0 Å². The zero-order valence-corrected chi connectivity index (χ0v) is 14.2. The lowest BCUT2D eigenvalue weighted by Gasteiger charge is -2.34. The van der Waals surface area contributed by atoms with Crippen LogP contribution in [-0.2, 0) is 4.79 Å². The van der Waals surface area contributed by atoms with Gasteiger partial charge in [0.05, 0.1) is 13.4 Å². The van der Waals surface area contributed by atoms with Crippen LogP contribution in [-0.4, -0.2) is 41.7 Å². The standard InChI is InChI=1S/C18H24N4O2/c1-14(22-12-9-19-13-22)18(23)20-15-7-10-21(11-8-15)16-3-5-17(24-2)6-4-16/h3-6,9,12-15H,7-8,10-11H2,1-2H3,(H,20,23)/t14-/m0/s1. The molecule has 1 saturated heterocycles. The lowest BCUT2D eigenvalue weighted by Crippen LogP contribution is -2.46. The first-order valence-corrected chi connectivity index (χ1v) is 8.34. The lowest BCUT2D eigenvalue weighted by molar-refractivity contribution is -0.124. The summed E-state index contributed by atoms with van der Waals surface area (Å²) in [7, 11) is 1.67. The number of anilines is 1. The number of rotatable bonds is 5.